The number of furan rings is 1. The number of aryl methyl sites for hydroxylation is 6. The monoisotopic (exact) mass is 975 g/mol. The van der Waals surface area contributed by atoms with E-state index >= 15 is 4.39 Å². The Kier molecular flexibility index (Phi) is 8.28. The molecule has 6 heteroatoms. The first-order chi connectivity index (χ1) is 34.2. The van der Waals surface area contributed by atoms with Crippen molar-refractivity contribution in [1.82, 2.24) is 15.0 Å². The summed E-state index contributed by atoms with van der Waals surface area (Å²) in [5.74, 6) is -2.38. The second-order valence-corrected chi connectivity index (χ2v) is 13.8. The second kappa shape index (κ2) is 18.5. The molecule has 4 nitrogen and oxygen atoms in total. The molecule has 0 saturated carbocycles. The van der Waals surface area contributed by atoms with Gasteiger partial charge in [0.05, 0.1) is 6.95 Å². The zero-order valence-corrected chi connectivity index (χ0v) is 34.6. The number of fused-ring (bicyclic) bond motifs is 3. The number of nitrogens with zero attached hydrogens (tertiary/aromatic N) is 3. The molecule has 5 aromatic carbocycles. The van der Waals surface area contributed by atoms with Crippen LogP contribution in [-0.4, -0.2) is 15.0 Å². The van der Waals surface area contributed by atoms with Crippen LogP contribution in [0.2, 0.25) is 0 Å². The van der Waals surface area contributed by atoms with E-state index in [1.165, 1.54) is 56.3 Å². The number of pyridine rings is 3. The minimum absolute atomic E-state index is 0. The average molecular weight is 975 g/mol. The number of aromatic nitrogens is 3. The van der Waals surface area contributed by atoms with Crippen molar-refractivity contribution in [3.05, 3.63) is 209 Å². The molecule has 0 N–H and O–H groups in total. The van der Waals surface area contributed by atoms with Crippen LogP contribution < -0.4 is 0 Å². The Morgan fingerprint density at radius 1 is 0.583 bits per heavy atom. The molecule has 4 aromatic heterocycles. The minimum atomic E-state index is -3.18. The van der Waals surface area contributed by atoms with Gasteiger partial charge in [-0.2, -0.15) is 0 Å². The molecule has 296 valence electrons. The molecule has 0 bridgehead atoms. The van der Waals surface area contributed by atoms with E-state index in [1.54, 1.807) is 60.7 Å². The van der Waals surface area contributed by atoms with Crippen LogP contribution in [-0.2, 0) is 58.3 Å². The molecule has 0 amide bonds. The van der Waals surface area contributed by atoms with Crippen molar-refractivity contribution < 1.29 is 48.1 Å². The molecule has 0 radical (unpaired) electrons. The molecule has 0 spiro atoms. The molecule has 4 heterocycles. The summed E-state index contributed by atoms with van der Waals surface area (Å²) in [6.07, 6.45) is -15.0. The van der Waals surface area contributed by atoms with Gasteiger partial charge in [0.15, 0.2) is 0 Å². The molecule has 0 atom stereocenters. The summed E-state index contributed by atoms with van der Waals surface area (Å²) in [5.41, 5.74) is 0.0249. The molecule has 9 rings (SSSR count). The molecule has 0 fully saturated rings. The molecule has 9 aromatic rings. The predicted molar refractivity (Wildman–Crippen MR) is 236 cm³/mol. The van der Waals surface area contributed by atoms with Crippen LogP contribution in [0, 0.1) is 24.0 Å². The molecule has 60 heavy (non-hydrogen) atoms. The van der Waals surface area contributed by atoms with Crippen LogP contribution in [0.5, 0.6) is 0 Å². The van der Waals surface area contributed by atoms with Crippen LogP contribution in [0.3, 0.4) is 0 Å². The molecule has 0 aliphatic heterocycles. The average Bonchev–Trinajstić information content (AvgIpc) is 3.74. The number of benzene rings is 5. The van der Waals surface area contributed by atoms with Gasteiger partial charge in [-0.25, -0.2) is 4.39 Å². The fraction of sp³-hybridized carbons (Fsp3) is 0.167. The van der Waals surface area contributed by atoms with Gasteiger partial charge >= 0.3 is 20.1 Å². The topological polar surface area (TPSA) is 51.8 Å². The third-order valence-electron chi connectivity index (χ3n) is 9.48. The van der Waals surface area contributed by atoms with Gasteiger partial charge in [0, 0.05) is 47.4 Å². The number of hydrogen-bond acceptors (Lipinski definition) is 4. The molecule has 0 saturated heterocycles. The fourth-order valence-corrected chi connectivity index (χ4v) is 6.61. The van der Waals surface area contributed by atoms with Crippen molar-refractivity contribution in [2.75, 3.05) is 0 Å². The Hall–Kier alpha value is -6.07. The Bertz CT molecular complexity index is 3390. The van der Waals surface area contributed by atoms with Crippen molar-refractivity contribution in [3.8, 4) is 33.8 Å². The van der Waals surface area contributed by atoms with Crippen molar-refractivity contribution in [3.63, 3.8) is 0 Å². The minimum Gasteiger partial charge on any atom is -0.500 e. The third-order valence-corrected chi connectivity index (χ3v) is 9.48. The summed E-state index contributed by atoms with van der Waals surface area (Å²) in [5, 5.41) is 0.861. The van der Waals surface area contributed by atoms with Crippen molar-refractivity contribution in [2.24, 2.45) is 0 Å². The van der Waals surface area contributed by atoms with E-state index in [0.717, 1.165) is 36.8 Å². The zero-order valence-electron chi connectivity index (χ0n) is 46.2. The van der Waals surface area contributed by atoms with Gasteiger partial charge in [0.1, 0.15) is 11.4 Å². The smallest absolute Gasteiger partial charge is 0.500 e. The number of rotatable bonds is 13. The van der Waals surface area contributed by atoms with E-state index in [1.807, 2.05) is 0 Å². The first kappa shape index (κ1) is 26.9. The van der Waals surface area contributed by atoms with Gasteiger partial charge in [0.2, 0.25) is 0 Å². The Morgan fingerprint density at radius 2 is 1.07 bits per heavy atom. The van der Waals surface area contributed by atoms with Gasteiger partial charge in [0.25, 0.3) is 0 Å². The predicted octanol–water partition coefficient (Wildman–Crippen LogP) is 12.8. The van der Waals surface area contributed by atoms with Crippen molar-refractivity contribution in [1.29, 1.82) is 0 Å². The second-order valence-electron chi connectivity index (χ2n) is 13.8. The maximum Gasteiger partial charge on any atom is 3.00 e. The van der Waals surface area contributed by atoms with E-state index < -0.39 is 72.7 Å². The van der Waals surface area contributed by atoms with Crippen LogP contribution in [0.1, 0.15) is 77.9 Å². The quantitative estimate of drug-likeness (QED) is 0.108. The molecule has 0 unspecified atom stereocenters. The van der Waals surface area contributed by atoms with E-state index in [2.05, 4.69) is 33.2 Å². The fourth-order valence-electron chi connectivity index (χ4n) is 6.61. The third kappa shape index (κ3) is 9.06. The summed E-state index contributed by atoms with van der Waals surface area (Å²) in [7, 11) is 0. The first-order valence-corrected chi connectivity index (χ1v) is 18.8. The normalized spacial score (nSPS) is 16.4. The summed E-state index contributed by atoms with van der Waals surface area (Å²) >= 11 is 0. The van der Waals surface area contributed by atoms with Gasteiger partial charge in [-0.3, -0.25) is 0 Å². The van der Waals surface area contributed by atoms with E-state index in [9.17, 15) is 16.4 Å². The van der Waals surface area contributed by atoms with E-state index in [0.29, 0.717) is 33.3 Å². The molecular formula is C54H43FIrN3O. The Labute approximate surface area is 384 Å². The first-order valence-electron chi connectivity index (χ1n) is 25.8. The Balaban J connectivity index is 0.00000729. The van der Waals surface area contributed by atoms with Crippen LogP contribution in [0.4, 0.5) is 4.39 Å². The van der Waals surface area contributed by atoms with Crippen molar-refractivity contribution in [2.45, 2.75) is 58.0 Å². The maximum absolute atomic E-state index is 15.4. The summed E-state index contributed by atoms with van der Waals surface area (Å²) in [6.45, 7) is 2.95. The molecule has 0 aliphatic carbocycles. The van der Waals surface area contributed by atoms with Gasteiger partial charge in [-0.05, 0) is 107 Å². The number of hydrogen-bond donors (Lipinski definition) is 0. The molecule has 0 aliphatic rings. The van der Waals surface area contributed by atoms with Crippen LogP contribution >= 0.6 is 0 Å². The number of halogens is 1. The van der Waals surface area contributed by atoms with E-state index in [-0.39, 0.29) is 64.8 Å². The van der Waals surface area contributed by atoms with Crippen LogP contribution in [0.25, 0.3) is 55.7 Å². The SMILES string of the molecule is [2H]c1cc2c(oc3c(-c4ccc(C([2H])([2H])C([2H])([2H])c5cc(C([2H])([2H])C([2H])([2H])c6ccc(-c7[c-]cccc7)nc6)cc(C([2H])([2H])C([2H])([2H])c6ccc(-c7[c-]cccc7)nc6)c5)cn4)[c-]ccc32)c(C([2H])(C)C)c1F.[Ir+3]. The maximum atomic E-state index is 15.4. The van der Waals surface area contributed by atoms with E-state index in [4.69, 9.17) is 7.16 Å². The molecular weight excluding hydrogens is 918 g/mol. The Morgan fingerprint density at radius 3 is 1.52 bits per heavy atom. The van der Waals surface area contributed by atoms with Crippen LogP contribution in [0.15, 0.2) is 150 Å². The van der Waals surface area contributed by atoms with Gasteiger partial charge < -0.3 is 19.4 Å². The van der Waals surface area contributed by atoms with Gasteiger partial charge in [-0.15, -0.1) is 90.0 Å². The zero-order chi connectivity index (χ0) is 52.7. The standard InChI is InChI=1S/C54H43FN3O.Ir/c1-36(2)52-48(55)26-25-46-45-14-9-15-47(53(45)59-54(46)52)51-29-24-39(35-58-51)18-21-42-31-40(19-16-37-22-27-49(56-33-37)43-10-5-3-6-11-43)30-41(32-42)20-17-38-23-28-50(57-34-38)44-12-7-4-8-13-44;/h3-10,12,14,22-36H,16-21H2,1-2H3;/q-3;+3/i16D2,17D2,18D2,19D2,20D2,21D2,26D,36D;. The van der Waals surface area contributed by atoms with Gasteiger partial charge in [-0.1, -0.05) is 79.4 Å². The largest absolute Gasteiger partial charge is 3.00 e. The summed E-state index contributed by atoms with van der Waals surface area (Å²) < 4.78 is 151. The summed E-state index contributed by atoms with van der Waals surface area (Å²) in [6, 6.07) is 38.2. The summed E-state index contributed by atoms with van der Waals surface area (Å²) in [4.78, 5) is 13.2. The van der Waals surface area contributed by atoms with Crippen molar-refractivity contribution >= 4 is 21.9 Å².